The van der Waals surface area contributed by atoms with Crippen LogP contribution < -0.4 is 5.56 Å². The quantitative estimate of drug-likeness (QED) is 0.446. The lowest BCUT2D eigenvalue weighted by atomic mass is 9.68. The summed E-state index contributed by atoms with van der Waals surface area (Å²) in [5.41, 5.74) is 0.265. The van der Waals surface area contributed by atoms with Gasteiger partial charge in [-0.25, -0.2) is 9.59 Å². The molecule has 1 amide bonds. The summed E-state index contributed by atoms with van der Waals surface area (Å²) in [5, 5.41) is 9.21. The fraction of sp³-hybridized carbons (Fsp3) is 0.654. The molecular weight excluding hydrogens is 468 g/mol. The number of epoxide rings is 2. The average Bonchev–Trinajstić information content (AvgIpc) is 3.70. The molecule has 36 heavy (non-hydrogen) atoms. The first-order valence-corrected chi connectivity index (χ1v) is 12.5. The molecule has 0 radical (unpaired) electrons. The van der Waals surface area contributed by atoms with Gasteiger partial charge in [-0.15, -0.1) is 0 Å². The summed E-state index contributed by atoms with van der Waals surface area (Å²) in [6.07, 6.45) is 4.53. The van der Waals surface area contributed by atoms with E-state index >= 15 is 0 Å². The number of methoxy groups -OCH3 is 1. The Labute approximate surface area is 209 Å². The van der Waals surface area contributed by atoms with Crippen molar-refractivity contribution in [3.63, 3.8) is 0 Å². The first kappa shape index (κ1) is 25.0. The normalized spacial score (nSPS) is 35.2. The number of allylic oxidation sites excluding steroid dienone is 1. The Morgan fingerprint density at radius 3 is 2.61 bits per heavy atom. The summed E-state index contributed by atoms with van der Waals surface area (Å²) < 4.78 is 25.4. The van der Waals surface area contributed by atoms with Gasteiger partial charge in [0.05, 0.1) is 30.2 Å². The molecule has 1 unspecified atom stereocenters. The van der Waals surface area contributed by atoms with Gasteiger partial charge < -0.3 is 33.5 Å². The molecule has 1 aromatic heterocycles. The first-order chi connectivity index (χ1) is 17.1. The predicted octanol–water partition coefficient (Wildman–Crippen LogP) is 2.62. The number of carboxylic acid groups (broad SMARTS) is 1. The predicted molar refractivity (Wildman–Crippen MR) is 128 cm³/mol. The number of amides is 1. The van der Waals surface area contributed by atoms with Crippen molar-refractivity contribution in [3.05, 3.63) is 45.9 Å². The second-order valence-electron chi connectivity index (χ2n) is 10.8. The Balaban J connectivity index is 1.24. The van der Waals surface area contributed by atoms with Crippen molar-refractivity contribution in [1.82, 2.24) is 9.47 Å². The van der Waals surface area contributed by atoms with E-state index in [1.54, 1.807) is 7.11 Å². The van der Waals surface area contributed by atoms with Crippen LogP contribution in [0, 0.1) is 5.92 Å². The smallest absolute Gasteiger partial charge is 0.410 e. The molecule has 196 valence electrons. The van der Waals surface area contributed by atoms with Crippen LogP contribution in [0.5, 0.6) is 0 Å². The number of aromatic nitrogens is 1. The Hall–Kier alpha value is -2.69. The largest absolute Gasteiger partial charge is 0.478 e. The van der Waals surface area contributed by atoms with Crippen molar-refractivity contribution in [2.75, 3.05) is 26.8 Å². The second kappa shape index (κ2) is 9.00. The zero-order valence-corrected chi connectivity index (χ0v) is 21.1. The van der Waals surface area contributed by atoms with E-state index in [1.165, 1.54) is 33.4 Å². The molecule has 5 rings (SSSR count). The third-order valence-corrected chi connectivity index (χ3v) is 8.19. The van der Waals surface area contributed by atoms with Gasteiger partial charge in [0.1, 0.15) is 23.4 Å². The molecule has 10 heteroatoms. The van der Waals surface area contributed by atoms with E-state index in [9.17, 15) is 19.5 Å². The lowest BCUT2D eigenvalue weighted by Crippen LogP contribution is -2.58. The maximum Gasteiger partial charge on any atom is 0.410 e. The monoisotopic (exact) mass is 502 g/mol. The maximum atomic E-state index is 13.0. The molecule has 10 nitrogen and oxygen atoms in total. The van der Waals surface area contributed by atoms with E-state index < -0.39 is 23.8 Å². The number of pyridine rings is 1. The highest BCUT2D eigenvalue weighted by Crippen LogP contribution is 2.59. The van der Waals surface area contributed by atoms with Crippen LogP contribution in [0.2, 0.25) is 0 Å². The lowest BCUT2D eigenvalue weighted by molar-refractivity contribution is -0.124. The fourth-order valence-electron chi connectivity index (χ4n) is 5.97. The van der Waals surface area contributed by atoms with E-state index in [-0.39, 0.29) is 54.0 Å². The van der Waals surface area contributed by atoms with Gasteiger partial charge >= 0.3 is 12.1 Å². The van der Waals surface area contributed by atoms with Crippen LogP contribution in [-0.4, -0.2) is 83.0 Å². The van der Waals surface area contributed by atoms with E-state index in [1.807, 2.05) is 0 Å². The highest BCUT2D eigenvalue weighted by Gasteiger charge is 2.72. The molecule has 1 spiro atoms. The summed E-state index contributed by atoms with van der Waals surface area (Å²) in [5.74, 6) is -1.16. The second-order valence-corrected chi connectivity index (χ2v) is 10.8. The van der Waals surface area contributed by atoms with Gasteiger partial charge in [-0.1, -0.05) is 11.6 Å². The van der Waals surface area contributed by atoms with Crippen LogP contribution in [-0.2, 0) is 18.9 Å². The number of carbonyl (C=O) groups excluding carboxylic acids is 1. The summed E-state index contributed by atoms with van der Waals surface area (Å²) in [6.45, 7) is 7.44. The van der Waals surface area contributed by atoms with E-state index in [2.05, 4.69) is 26.8 Å². The minimum Gasteiger partial charge on any atom is -0.478 e. The van der Waals surface area contributed by atoms with Crippen LogP contribution in [0.25, 0.3) is 0 Å². The molecule has 1 aliphatic carbocycles. The summed E-state index contributed by atoms with van der Waals surface area (Å²) >= 11 is 0. The van der Waals surface area contributed by atoms with Crippen molar-refractivity contribution >= 4 is 12.1 Å². The maximum absolute atomic E-state index is 13.0. The molecule has 1 saturated carbocycles. The van der Waals surface area contributed by atoms with Gasteiger partial charge in [-0.05, 0) is 46.1 Å². The number of ether oxygens (including phenoxy) is 4. The third-order valence-electron chi connectivity index (χ3n) is 8.19. The molecule has 3 aliphatic heterocycles. The van der Waals surface area contributed by atoms with Gasteiger partial charge in [-0.3, -0.25) is 4.79 Å². The Morgan fingerprint density at radius 2 is 2.00 bits per heavy atom. The fourth-order valence-corrected chi connectivity index (χ4v) is 5.97. The standard InChI is InChI=1S/C26H34N2O8/c1-15(2)5-7-19-25(3,36-19)22-21(33-4)18(9-10-26(22)14-34-26)35-24(32)27-12-17(13-27)28-11-16(23(30)31)6-8-20(28)29/h5-6,8,11,17-19,21-22H,7,9-10,12-14H2,1-4H3,(H,30,31)/t18-,19?,21-,22-,25+,26+/m1/s1. The highest BCUT2D eigenvalue weighted by atomic mass is 16.6. The molecule has 6 atom stereocenters. The van der Waals surface area contributed by atoms with Crippen molar-refractivity contribution in [2.24, 2.45) is 5.92 Å². The van der Waals surface area contributed by atoms with Gasteiger partial charge in [0.25, 0.3) is 5.56 Å². The molecule has 4 aliphatic rings. The van der Waals surface area contributed by atoms with Crippen LogP contribution in [0.15, 0.2) is 34.8 Å². The Kier molecular flexibility index (Phi) is 6.25. The van der Waals surface area contributed by atoms with Crippen molar-refractivity contribution in [1.29, 1.82) is 0 Å². The Morgan fingerprint density at radius 1 is 1.28 bits per heavy atom. The van der Waals surface area contributed by atoms with Gasteiger partial charge in [0.15, 0.2) is 0 Å². The number of aromatic carboxylic acids is 1. The number of carbonyl (C=O) groups is 2. The molecule has 1 N–H and O–H groups in total. The van der Waals surface area contributed by atoms with E-state index in [0.717, 1.165) is 12.8 Å². The van der Waals surface area contributed by atoms with Crippen LogP contribution in [0.1, 0.15) is 56.4 Å². The number of hydrogen-bond acceptors (Lipinski definition) is 7. The van der Waals surface area contributed by atoms with Crippen LogP contribution >= 0.6 is 0 Å². The van der Waals surface area contributed by atoms with E-state index in [4.69, 9.17) is 18.9 Å². The molecule has 4 fully saturated rings. The number of hydrogen-bond donors (Lipinski definition) is 1. The minimum atomic E-state index is -1.11. The first-order valence-electron chi connectivity index (χ1n) is 12.5. The molecule has 0 aromatic carbocycles. The molecule has 0 bridgehead atoms. The van der Waals surface area contributed by atoms with Crippen molar-refractivity contribution in [2.45, 2.75) is 75.6 Å². The van der Waals surface area contributed by atoms with Crippen LogP contribution in [0.3, 0.4) is 0 Å². The average molecular weight is 503 g/mol. The molecule has 1 aromatic rings. The Bertz CT molecular complexity index is 1130. The summed E-state index contributed by atoms with van der Waals surface area (Å²) in [6, 6.07) is 2.22. The zero-order chi connectivity index (χ0) is 25.8. The molecule has 4 heterocycles. The van der Waals surface area contributed by atoms with Crippen molar-refractivity contribution < 1.29 is 33.6 Å². The lowest BCUT2D eigenvalue weighted by Gasteiger charge is -2.44. The zero-order valence-electron chi connectivity index (χ0n) is 21.1. The number of carboxylic acids is 1. The van der Waals surface area contributed by atoms with Crippen LogP contribution in [0.4, 0.5) is 4.79 Å². The van der Waals surface area contributed by atoms with Gasteiger partial charge in [-0.2, -0.15) is 0 Å². The molecule has 3 saturated heterocycles. The van der Waals surface area contributed by atoms with Crippen molar-refractivity contribution in [3.8, 4) is 0 Å². The third kappa shape index (κ3) is 4.35. The van der Waals surface area contributed by atoms with E-state index in [0.29, 0.717) is 13.0 Å². The SMILES string of the molecule is CO[C@@H]1[C@H](OC(=O)N2CC(n3cc(C(=O)O)ccc3=O)C2)CC[C@]2(CO2)[C@H]1[C@@]1(C)OC1CC=C(C)C. The topological polar surface area (TPSA) is 123 Å². The molecular formula is C26H34N2O8. The summed E-state index contributed by atoms with van der Waals surface area (Å²) in [4.78, 5) is 38.0. The minimum absolute atomic E-state index is 0.0294. The number of rotatable bonds is 7. The van der Waals surface area contributed by atoms with Gasteiger partial charge in [0.2, 0.25) is 0 Å². The highest BCUT2D eigenvalue weighted by molar-refractivity contribution is 5.87. The van der Waals surface area contributed by atoms with Gasteiger partial charge in [0, 0.05) is 32.5 Å². The summed E-state index contributed by atoms with van der Waals surface area (Å²) in [7, 11) is 1.64. The number of nitrogens with zero attached hydrogens (tertiary/aromatic N) is 2. The number of likely N-dealkylation sites (tertiary alicyclic amines) is 1.